The third-order valence-corrected chi connectivity index (χ3v) is 4.82. The molecule has 1 saturated heterocycles. The van der Waals surface area contributed by atoms with Gasteiger partial charge in [-0.3, -0.25) is 4.90 Å². The van der Waals surface area contributed by atoms with Crippen LogP contribution in [0.15, 0.2) is 59.0 Å². The average Bonchev–Trinajstić information content (AvgIpc) is 3.18. The van der Waals surface area contributed by atoms with Crippen LogP contribution in [0, 0.1) is 0 Å². The van der Waals surface area contributed by atoms with Gasteiger partial charge in [0.15, 0.2) is 0 Å². The zero-order valence-electron chi connectivity index (χ0n) is 15.2. The zero-order chi connectivity index (χ0) is 19.3. The standard InChI is InChI=1S/C20H20ClN5O2/c21-16-7-4-8-17(13-16)22-20(27)26-11-9-25(10-12-26)14-18-23-24-19(28-18)15-5-2-1-3-6-15/h1-8,13H,9-12,14H2,(H,22,27). The molecule has 7 nitrogen and oxygen atoms in total. The van der Waals surface area contributed by atoms with Crippen molar-refractivity contribution in [1.29, 1.82) is 0 Å². The first-order chi connectivity index (χ1) is 13.7. The van der Waals surface area contributed by atoms with Crippen molar-refractivity contribution in [3.63, 3.8) is 0 Å². The molecule has 0 bridgehead atoms. The molecule has 2 aromatic carbocycles. The first-order valence-electron chi connectivity index (χ1n) is 9.09. The molecular weight excluding hydrogens is 378 g/mol. The summed E-state index contributed by atoms with van der Waals surface area (Å²) >= 11 is 5.96. The molecule has 1 fully saturated rings. The second kappa shape index (κ2) is 8.41. The third kappa shape index (κ3) is 4.49. The Kier molecular flexibility index (Phi) is 5.55. The molecule has 0 aliphatic carbocycles. The fourth-order valence-electron chi connectivity index (χ4n) is 3.08. The molecule has 1 aliphatic rings. The van der Waals surface area contributed by atoms with Crippen molar-refractivity contribution in [2.45, 2.75) is 6.54 Å². The van der Waals surface area contributed by atoms with Crippen LogP contribution in [0.2, 0.25) is 5.02 Å². The quantitative estimate of drug-likeness (QED) is 0.725. The summed E-state index contributed by atoms with van der Waals surface area (Å²) in [6, 6.07) is 16.7. The summed E-state index contributed by atoms with van der Waals surface area (Å²) < 4.78 is 5.77. The van der Waals surface area contributed by atoms with Crippen molar-refractivity contribution >= 4 is 23.3 Å². The number of hydrogen-bond donors (Lipinski definition) is 1. The van der Waals surface area contributed by atoms with E-state index in [4.69, 9.17) is 16.0 Å². The molecular formula is C20H20ClN5O2. The van der Waals surface area contributed by atoms with Crippen LogP contribution in [0.25, 0.3) is 11.5 Å². The Balaban J connectivity index is 1.28. The van der Waals surface area contributed by atoms with E-state index in [1.54, 1.807) is 17.0 Å². The Bertz CT molecular complexity index is 939. The van der Waals surface area contributed by atoms with Crippen LogP contribution in [-0.4, -0.2) is 52.2 Å². The van der Waals surface area contributed by atoms with Gasteiger partial charge in [0.2, 0.25) is 11.8 Å². The minimum atomic E-state index is -0.119. The second-order valence-electron chi connectivity index (χ2n) is 6.57. The lowest BCUT2D eigenvalue weighted by molar-refractivity contribution is 0.136. The van der Waals surface area contributed by atoms with E-state index in [0.717, 1.165) is 18.7 Å². The van der Waals surface area contributed by atoms with E-state index in [0.29, 0.717) is 42.1 Å². The van der Waals surface area contributed by atoms with Crippen LogP contribution in [0.5, 0.6) is 0 Å². The molecule has 1 aliphatic heterocycles. The highest BCUT2D eigenvalue weighted by Gasteiger charge is 2.22. The molecule has 0 spiro atoms. The molecule has 0 saturated carbocycles. The van der Waals surface area contributed by atoms with Crippen molar-refractivity contribution in [1.82, 2.24) is 20.0 Å². The summed E-state index contributed by atoms with van der Waals surface area (Å²) in [7, 11) is 0. The maximum Gasteiger partial charge on any atom is 0.321 e. The number of amides is 2. The molecule has 28 heavy (non-hydrogen) atoms. The number of carbonyl (C=O) groups excluding carboxylic acids is 1. The van der Waals surface area contributed by atoms with E-state index in [1.807, 2.05) is 42.5 Å². The van der Waals surface area contributed by atoms with Crippen LogP contribution in [0.1, 0.15) is 5.89 Å². The Morgan fingerprint density at radius 1 is 1.04 bits per heavy atom. The van der Waals surface area contributed by atoms with Crippen LogP contribution in [0.3, 0.4) is 0 Å². The van der Waals surface area contributed by atoms with Crippen molar-refractivity contribution < 1.29 is 9.21 Å². The highest BCUT2D eigenvalue weighted by Crippen LogP contribution is 2.19. The normalized spacial score (nSPS) is 14.8. The number of anilines is 1. The molecule has 0 radical (unpaired) electrons. The van der Waals surface area contributed by atoms with Gasteiger partial charge >= 0.3 is 6.03 Å². The second-order valence-corrected chi connectivity index (χ2v) is 7.01. The summed E-state index contributed by atoms with van der Waals surface area (Å²) in [6.45, 7) is 3.32. The first kappa shape index (κ1) is 18.5. The van der Waals surface area contributed by atoms with E-state index in [1.165, 1.54) is 0 Å². The molecule has 2 heterocycles. The molecule has 144 valence electrons. The number of halogens is 1. The fraction of sp³-hybridized carbons (Fsp3) is 0.250. The molecule has 8 heteroatoms. The summed E-state index contributed by atoms with van der Waals surface area (Å²) in [4.78, 5) is 16.4. The Morgan fingerprint density at radius 3 is 2.57 bits per heavy atom. The van der Waals surface area contributed by atoms with Crippen LogP contribution in [-0.2, 0) is 6.54 Å². The molecule has 3 aromatic rings. The number of aromatic nitrogens is 2. The van der Waals surface area contributed by atoms with Crippen molar-refractivity contribution in [2.24, 2.45) is 0 Å². The van der Waals surface area contributed by atoms with Crippen LogP contribution < -0.4 is 5.32 Å². The van der Waals surface area contributed by atoms with E-state index in [9.17, 15) is 4.79 Å². The van der Waals surface area contributed by atoms with E-state index in [2.05, 4.69) is 20.4 Å². The van der Waals surface area contributed by atoms with Gasteiger partial charge in [-0.1, -0.05) is 35.9 Å². The molecule has 4 rings (SSSR count). The van der Waals surface area contributed by atoms with Gasteiger partial charge in [-0.05, 0) is 30.3 Å². The van der Waals surface area contributed by atoms with Crippen molar-refractivity contribution in [2.75, 3.05) is 31.5 Å². The minimum absolute atomic E-state index is 0.119. The van der Waals surface area contributed by atoms with Crippen molar-refractivity contribution in [3.8, 4) is 11.5 Å². The maximum atomic E-state index is 12.4. The van der Waals surface area contributed by atoms with E-state index < -0.39 is 0 Å². The SMILES string of the molecule is O=C(Nc1cccc(Cl)c1)N1CCN(Cc2nnc(-c3ccccc3)o2)CC1. The van der Waals surface area contributed by atoms with Gasteiger partial charge in [0.1, 0.15) is 0 Å². The summed E-state index contributed by atoms with van der Waals surface area (Å²) in [5, 5.41) is 11.7. The first-order valence-corrected chi connectivity index (χ1v) is 9.47. The largest absolute Gasteiger partial charge is 0.419 e. The average molecular weight is 398 g/mol. The van der Waals surface area contributed by atoms with Gasteiger partial charge in [0, 0.05) is 42.5 Å². The minimum Gasteiger partial charge on any atom is -0.419 e. The van der Waals surface area contributed by atoms with Crippen molar-refractivity contribution in [3.05, 3.63) is 65.5 Å². The molecule has 1 aromatic heterocycles. The predicted molar refractivity (Wildman–Crippen MR) is 107 cm³/mol. The number of nitrogens with one attached hydrogen (secondary N) is 1. The summed E-state index contributed by atoms with van der Waals surface area (Å²) in [5.74, 6) is 1.10. The number of nitrogens with zero attached hydrogens (tertiary/aromatic N) is 4. The summed E-state index contributed by atoms with van der Waals surface area (Å²) in [6.07, 6.45) is 0. The molecule has 2 amide bonds. The van der Waals surface area contributed by atoms with Gasteiger partial charge < -0.3 is 14.6 Å². The van der Waals surface area contributed by atoms with Gasteiger partial charge in [-0.15, -0.1) is 10.2 Å². The zero-order valence-corrected chi connectivity index (χ0v) is 16.0. The highest BCUT2D eigenvalue weighted by atomic mass is 35.5. The van der Waals surface area contributed by atoms with Gasteiger partial charge in [-0.2, -0.15) is 0 Å². The lowest BCUT2D eigenvalue weighted by Crippen LogP contribution is -2.49. The van der Waals surface area contributed by atoms with Gasteiger partial charge in [0.05, 0.1) is 6.54 Å². The maximum absolute atomic E-state index is 12.4. The van der Waals surface area contributed by atoms with Crippen LogP contribution >= 0.6 is 11.6 Å². The van der Waals surface area contributed by atoms with E-state index in [-0.39, 0.29) is 6.03 Å². The summed E-state index contributed by atoms with van der Waals surface area (Å²) in [5.41, 5.74) is 1.60. The number of hydrogen-bond acceptors (Lipinski definition) is 5. The monoisotopic (exact) mass is 397 g/mol. The van der Waals surface area contributed by atoms with Crippen LogP contribution in [0.4, 0.5) is 10.5 Å². The Morgan fingerprint density at radius 2 is 1.82 bits per heavy atom. The highest BCUT2D eigenvalue weighted by molar-refractivity contribution is 6.30. The number of urea groups is 1. The Labute approximate surface area is 167 Å². The van der Waals surface area contributed by atoms with Gasteiger partial charge in [-0.25, -0.2) is 4.79 Å². The molecule has 0 unspecified atom stereocenters. The number of rotatable bonds is 4. The number of carbonyl (C=O) groups is 1. The lowest BCUT2D eigenvalue weighted by Gasteiger charge is -2.33. The van der Waals surface area contributed by atoms with Gasteiger partial charge in [0.25, 0.3) is 0 Å². The number of benzene rings is 2. The lowest BCUT2D eigenvalue weighted by atomic mass is 10.2. The topological polar surface area (TPSA) is 74.5 Å². The molecule has 0 atom stereocenters. The van der Waals surface area contributed by atoms with E-state index >= 15 is 0 Å². The third-order valence-electron chi connectivity index (χ3n) is 4.58. The predicted octanol–water partition coefficient (Wildman–Crippen LogP) is 3.74. The number of piperazine rings is 1. The smallest absolute Gasteiger partial charge is 0.321 e. The Hall–Kier alpha value is -2.90. The molecule has 1 N–H and O–H groups in total. The fourth-order valence-corrected chi connectivity index (χ4v) is 3.27.